The van der Waals surface area contributed by atoms with E-state index in [2.05, 4.69) is 52.6 Å². The van der Waals surface area contributed by atoms with Gasteiger partial charge in [0.05, 0.1) is 0 Å². The number of allylic oxidation sites excluding steroid dienone is 1. The topological polar surface area (TPSA) is 12.0 Å². The minimum Gasteiger partial charge on any atom is -0.316 e. The number of hydrogen-bond donors (Lipinski definition) is 1. The lowest BCUT2D eigenvalue weighted by Gasteiger charge is -2.42. The Kier molecular flexibility index (Phi) is 8.02. The van der Waals surface area contributed by atoms with Crippen molar-refractivity contribution in [3.05, 3.63) is 12.7 Å². The van der Waals surface area contributed by atoms with Crippen molar-refractivity contribution in [1.29, 1.82) is 0 Å². The number of unbranched alkanes of at least 4 members (excludes halogenated alkanes) is 1. The van der Waals surface area contributed by atoms with Crippen molar-refractivity contribution in [2.45, 2.75) is 73.1 Å². The number of rotatable bonds is 8. The molecule has 1 N–H and O–H groups in total. The van der Waals surface area contributed by atoms with Crippen LogP contribution < -0.4 is 5.32 Å². The first-order valence-electron chi connectivity index (χ1n) is 9.16. The molecule has 21 heavy (non-hydrogen) atoms. The van der Waals surface area contributed by atoms with E-state index in [1.165, 1.54) is 51.6 Å². The molecule has 0 radical (unpaired) electrons. The quantitative estimate of drug-likeness (QED) is 0.449. The Hall–Kier alpha value is -0.300. The van der Waals surface area contributed by atoms with Crippen molar-refractivity contribution < 1.29 is 0 Å². The molecule has 1 nitrogen and oxygen atoms in total. The molecule has 1 aliphatic rings. The number of hydrogen-bond acceptors (Lipinski definition) is 1. The summed E-state index contributed by atoms with van der Waals surface area (Å²) in [4.78, 5) is 0. The maximum absolute atomic E-state index is 3.87. The van der Waals surface area contributed by atoms with E-state index in [-0.39, 0.29) is 0 Å². The fourth-order valence-corrected chi connectivity index (χ4v) is 3.82. The van der Waals surface area contributed by atoms with Crippen LogP contribution in [0.5, 0.6) is 0 Å². The summed E-state index contributed by atoms with van der Waals surface area (Å²) >= 11 is 0. The second-order valence-corrected chi connectivity index (χ2v) is 8.67. The molecule has 0 heterocycles. The van der Waals surface area contributed by atoms with Crippen molar-refractivity contribution in [3.8, 4) is 0 Å². The summed E-state index contributed by atoms with van der Waals surface area (Å²) in [6.07, 6.45) is 10.3. The van der Waals surface area contributed by atoms with Crippen LogP contribution in [0, 0.1) is 29.1 Å². The Morgan fingerprint density at radius 3 is 2.48 bits per heavy atom. The molecule has 0 saturated heterocycles. The van der Waals surface area contributed by atoms with Crippen molar-refractivity contribution in [2.24, 2.45) is 29.1 Å². The molecule has 3 unspecified atom stereocenters. The second kappa shape index (κ2) is 8.98. The predicted molar refractivity (Wildman–Crippen MR) is 95.5 cm³/mol. The molecule has 0 spiro atoms. The van der Waals surface area contributed by atoms with Crippen LogP contribution in [-0.4, -0.2) is 13.1 Å². The molecular weight excluding hydrogens is 254 g/mol. The largest absolute Gasteiger partial charge is 0.316 e. The van der Waals surface area contributed by atoms with E-state index in [1.807, 2.05) is 0 Å². The highest BCUT2D eigenvalue weighted by Crippen LogP contribution is 2.44. The van der Waals surface area contributed by atoms with E-state index in [0.29, 0.717) is 5.41 Å². The van der Waals surface area contributed by atoms with Crippen molar-refractivity contribution >= 4 is 0 Å². The molecule has 1 rings (SSSR count). The minimum atomic E-state index is 0.479. The predicted octanol–water partition coefficient (Wildman–Crippen LogP) is 5.67. The van der Waals surface area contributed by atoms with E-state index < -0.39 is 0 Å². The van der Waals surface area contributed by atoms with Gasteiger partial charge in [-0.15, -0.1) is 6.58 Å². The van der Waals surface area contributed by atoms with Gasteiger partial charge in [-0.2, -0.15) is 0 Å². The Bertz CT molecular complexity index is 287. The molecule has 0 bridgehead atoms. The van der Waals surface area contributed by atoms with Gasteiger partial charge in [0.2, 0.25) is 0 Å². The van der Waals surface area contributed by atoms with E-state index >= 15 is 0 Å². The molecule has 1 heteroatoms. The zero-order valence-electron chi connectivity index (χ0n) is 15.3. The lowest BCUT2D eigenvalue weighted by Crippen LogP contribution is -2.37. The molecule has 1 aliphatic carbocycles. The molecule has 0 aromatic heterocycles. The molecule has 3 atom stereocenters. The summed E-state index contributed by atoms with van der Waals surface area (Å²) < 4.78 is 0. The maximum atomic E-state index is 3.87. The third-order valence-corrected chi connectivity index (χ3v) is 5.31. The summed E-state index contributed by atoms with van der Waals surface area (Å²) in [6.45, 7) is 18.1. The Balaban J connectivity index is 2.52. The Labute approximate surface area is 134 Å². The maximum Gasteiger partial charge on any atom is -0.00178 e. The first-order chi connectivity index (χ1) is 9.84. The zero-order chi connectivity index (χ0) is 15.9. The first kappa shape index (κ1) is 18.7. The highest BCUT2D eigenvalue weighted by Gasteiger charge is 2.35. The van der Waals surface area contributed by atoms with E-state index in [0.717, 1.165) is 23.7 Å². The van der Waals surface area contributed by atoms with Gasteiger partial charge in [-0.05, 0) is 80.7 Å². The van der Waals surface area contributed by atoms with Crippen LogP contribution in [0.1, 0.15) is 73.1 Å². The van der Waals surface area contributed by atoms with Crippen LogP contribution in [0.15, 0.2) is 12.7 Å². The van der Waals surface area contributed by atoms with Crippen molar-refractivity contribution in [2.75, 3.05) is 13.1 Å². The van der Waals surface area contributed by atoms with Crippen LogP contribution in [-0.2, 0) is 0 Å². The van der Waals surface area contributed by atoms with Crippen LogP contribution >= 0.6 is 0 Å². The van der Waals surface area contributed by atoms with Crippen LogP contribution in [0.4, 0.5) is 0 Å². The van der Waals surface area contributed by atoms with Gasteiger partial charge >= 0.3 is 0 Å². The lowest BCUT2D eigenvalue weighted by atomic mass is 9.64. The molecule has 0 aromatic carbocycles. The fourth-order valence-electron chi connectivity index (χ4n) is 3.82. The van der Waals surface area contributed by atoms with Gasteiger partial charge in [0.1, 0.15) is 0 Å². The van der Waals surface area contributed by atoms with Crippen LogP contribution in [0.25, 0.3) is 0 Å². The van der Waals surface area contributed by atoms with Crippen molar-refractivity contribution in [1.82, 2.24) is 5.32 Å². The summed E-state index contributed by atoms with van der Waals surface area (Å²) in [7, 11) is 0. The summed E-state index contributed by atoms with van der Waals surface area (Å²) in [5.41, 5.74) is 0.479. The van der Waals surface area contributed by atoms with Gasteiger partial charge in [-0.1, -0.05) is 40.7 Å². The highest BCUT2D eigenvalue weighted by atomic mass is 14.9. The summed E-state index contributed by atoms with van der Waals surface area (Å²) in [6, 6.07) is 0. The highest BCUT2D eigenvalue weighted by molar-refractivity contribution is 4.87. The molecule has 0 aliphatic heterocycles. The van der Waals surface area contributed by atoms with Gasteiger partial charge in [0.25, 0.3) is 0 Å². The second-order valence-electron chi connectivity index (χ2n) is 8.67. The summed E-state index contributed by atoms with van der Waals surface area (Å²) in [5, 5.41) is 3.71. The SMILES string of the molecule is C=CCCCC1CC(C(C)(C)C)CCC1CNCC(C)C. The normalized spacial score (nSPS) is 27.0. The number of nitrogens with one attached hydrogen (secondary N) is 1. The van der Waals surface area contributed by atoms with Gasteiger partial charge in [0.15, 0.2) is 0 Å². The van der Waals surface area contributed by atoms with Crippen molar-refractivity contribution in [3.63, 3.8) is 0 Å². The zero-order valence-corrected chi connectivity index (χ0v) is 15.3. The molecule has 1 saturated carbocycles. The van der Waals surface area contributed by atoms with Crippen LogP contribution in [0.3, 0.4) is 0 Å². The third-order valence-electron chi connectivity index (χ3n) is 5.31. The van der Waals surface area contributed by atoms with E-state index in [9.17, 15) is 0 Å². The average molecular weight is 294 g/mol. The fraction of sp³-hybridized carbons (Fsp3) is 0.900. The monoisotopic (exact) mass is 293 g/mol. The van der Waals surface area contributed by atoms with E-state index in [1.54, 1.807) is 0 Å². The Morgan fingerprint density at radius 1 is 1.19 bits per heavy atom. The average Bonchev–Trinajstić information content (AvgIpc) is 2.38. The molecular formula is C20H39N. The summed E-state index contributed by atoms with van der Waals surface area (Å²) in [5.74, 6) is 3.48. The standard InChI is InChI=1S/C20H39N/c1-7-8-9-10-17-13-19(20(4,5)6)12-11-18(17)15-21-14-16(2)3/h7,16-19,21H,1,8-15H2,2-6H3. The smallest absolute Gasteiger partial charge is 0.00178 e. The van der Waals surface area contributed by atoms with Gasteiger partial charge in [-0.25, -0.2) is 0 Å². The minimum absolute atomic E-state index is 0.479. The third kappa shape index (κ3) is 7.00. The van der Waals surface area contributed by atoms with Gasteiger partial charge in [0, 0.05) is 0 Å². The lowest BCUT2D eigenvalue weighted by molar-refractivity contribution is 0.0912. The molecule has 124 valence electrons. The molecule has 0 aromatic rings. The molecule has 1 fully saturated rings. The van der Waals surface area contributed by atoms with Gasteiger partial charge in [-0.3, -0.25) is 0 Å². The van der Waals surface area contributed by atoms with Crippen LogP contribution in [0.2, 0.25) is 0 Å². The first-order valence-corrected chi connectivity index (χ1v) is 9.16. The van der Waals surface area contributed by atoms with E-state index in [4.69, 9.17) is 0 Å². The molecule has 0 amide bonds. The van der Waals surface area contributed by atoms with Gasteiger partial charge < -0.3 is 5.32 Å². The Morgan fingerprint density at radius 2 is 1.90 bits per heavy atom.